The minimum atomic E-state index is 0.718. The van der Waals surface area contributed by atoms with Gasteiger partial charge in [-0.2, -0.15) is 0 Å². The first-order valence-electron chi connectivity index (χ1n) is 4.32. The van der Waals surface area contributed by atoms with E-state index in [4.69, 9.17) is 5.73 Å². The molecule has 1 saturated carbocycles. The molecular formula is C8H18N2. The molecule has 3 N–H and O–H groups in total. The second-order valence-corrected chi connectivity index (χ2v) is 3.09. The average Bonchev–Trinajstić information content (AvgIpc) is 2.36. The van der Waals surface area contributed by atoms with Crippen LogP contribution in [0.3, 0.4) is 0 Å². The third-order valence-corrected chi connectivity index (χ3v) is 2.43. The van der Waals surface area contributed by atoms with Gasteiger partial charge in [-0.1, -0.05) is 13.3 Å². The quantitative estimate of drug-likeness (QED) is 0.609. The zero-order chi connectivity index (χ0) is 7.40. The molecule has 0 spiro atoms. The molecule has 0 aliphatic heterocycles. The van der Waals surface area contributed by atoms with Crippen molar-refractivity contribution >= 4 is 0 Å². The lowest BCUT2D eigenvalue weighted by Gasteiger charge is -2.17. The molecule has 1 aliphatic rings. The van der Waals surface area contributed by atoms with Crippen LogP contribution in [0.4, 0.5) is 0 Å². The Balaban J connectivity index is 2.27. The predicted octanol–water partition coefficient (Wildman–Crippen LogP) is 0.723. The molecule has 0 bridgehead atoms. The first-order valence-corrected chi connectivity index (χ1v) is 4.32. The normalized spacial score (nSPS) is 33.0. The summed E-state index contributed by atoms with van der Waals surface area (Å²) < 4.78 is 0. The first kappa shape index (κ1) is 8.02. The highest BCUT2D eigenvalue weighted by atomic mass is 14.9. The van der Waals surface area contributed by atoms with Crippen molar-refractivity contribution in [2.45, 2.75) is 32.2 Å². The number of hydrogen-bond acceptors (Lipinski definition) is 2. The van der Waals surface area contributed by atoms with Crippen LogP contribution in [0.1, 0.15) is 26.2 Å². The fraction of sp³-hybridized carbons (Fsp3) is 1.00. The van der Waals surface area contributed by atoms with E-state index >= 15 is 0 Å². The van der Waals surface area contributed by atoms with Gasteiger partial charge in [0.25, 0.3) is 0 Å². The summed E-state index contributed by atoms with van der Waals surface area (Å²) in [6.07, 6.45) is 4.02. The standard InChI is InChI=1S/C8H18N2/c1-2-10-8-5-3-4-7(8)6-9/h7-8,10H,2-6,9H2,1H3/t7-,8+/m0/s1. The predicted molar refractivity (Wildman–Crippen MR) is 43.9 cm³/mol. The third kappa shape index (κ3) is 1.70. The van der Waals surface area contributed by atoms with Crippen LogP contribution in [0, 0.1) is 5.92 Å². The Morgan fingerprint density at radius 2 is 2.30 bits per heavy atom. The summed E-state index contributed by atoms with van der Waals surface area (Å²) in [5.74, 6) is 0.750. The van der Waals surface area contributed by atoms with Gasteiger partial charge in [-0.25, -0.2) is 0 Å². The van der Waals surface area contributed by atoms with Crippen LogP contribution in [0.25, 0.3) is 0 Å². The summed E-state index contributed by atoms with van der Waals surface area (Å²) in [4.78, 5) is 0. The summed E-state index contributed by atoms with van der Waals surface area (Å²) in [6.45, 7) is 4.10. The van der Waals surface area contributed by atoms with Crippen molar-refractivity contribution in [3.05, 3.63) is 0 Å². The molecule has 1 rings (SSSR count). The molecule has 2 heteroatoms. The van der Waals surface area contributed by atoms with Gasteiger partial charge in [-0.05, 0) is 31.8 Å². The topological polar surface area (TPSA) is 38.0 Å². The van der Waals surface area contributed by atoms with Crippen LogP contribution in [0.2, 0.25) is 0 Å². The van der Waals surface area contributed by atoms with Crippen molar-refractivity contribution in [2.24, 2.45) is 11.7 Å². The van der Waals surface area contributed by atoms with Crippen molar-refractivity contribution in [3.63, 3.8) is 0 Å². The van der Waals surface area contributed by atoms with E-state index < -0.39 is 0 Å². The molecule has 1 aliphatic carbocycles. The zero-order valence-corrected chi connectivity index (χ0v) is 6.77. The van der Waals surface area contributed by atoms with Crippen LogP contribution in [-0.2, 0) is 0 Å². The summed E-state index contributed by atoms with van der Waals surface area (Å²) in [5, 5.41) is 3.47. The largest absolute Gasteiger partial charge is 0.330 e. The Labute approximate surface area is 63.2 Å². The zero-order valence-electron chi connectivity index (χ0n) is 6.77. The Bertz CT molecular complexity index is 93.3. The number of nitrogens with two attached hydrogens (primary N) is 1. The lowest BCUT2D eigenvalue weighted by atomic mass is 10.0. The maximum atomic E-state index is 5.61. The van der Waals surface area contributed by atoms with Gasteiger partial charge >= 0.3 is 0 Å². The molecule has 10 heavy (non-hydrogen) atoms. The Hall–Kier alpha value is -0.0800. The molecule has 0 unspecified atom stereocenters. The molecule has 1 fully saturated rings. The van der Waals surface area contributed by atoms with Crippen molar-refractivity contribution in [2.75, 3.05) is 13.1 Å². The molecule has 0 saturated heterocycles. The molecule has 0 aromatic carbocycles. The number of nitrogens with one attached hydrogen (secondary N) is 1. The number of hydrogen-bond donors (Lipinski definition) is 2. The fourth-order valence-electron chi connectivity index (χ4n) is 1.85. The summed E-state index contributed by atoms with van der Waals surface area (Å²) in [6, 6.07) is 0.718. The van der Waals surface area contributed by atoms with Crippen molar-refractivity contribution < 1.29 is 0 Å². The lowest BCUT2D eigenvalue weighted by molar-refractivity contribution is 0.416. The SMILES string of the molecule is CCN[C@@H]1CCC[C@H]1CN. The maximum Gasteiger partial charge on any atom is 0.0107 e. The van der Waals surface area contributed by atoms with E-state index in [9.17, 15) is 0 Å². The number of rotatable bonds is 3. The Morgan fingerprint density at radius 3 is 2.90 bits per heavy atom. The second-order valence-electron chi connectivity index (χ2n) is 3.09. The Kier molecular flexibility index (Phi) is 3.16. The highest BCUT2D eigenvalue weighted by Gasteiger charge is 2.24. The van der Waals surface area contributed by atoms with E-state index in [0.29, 0.717) is 0 Å². The Morgan fingerprint density at radius 1 is 1.50 bits per heavy atom. The van der Waals surface area contributed by atoms with Gasteiger partial charge in [0.15, 0.2) is 0 Å². The van der Waals surface area contributed by atoms with Gasteiger partial charge in [-0.3, -0.25) is 0 Å². The highest BCUT2D eigenvalue weighted by Crippen LogP contribution is 2.24. The van der Waals surface area contributed by atoms with E-state index in [1.54, 1.807) is 0 Å². The molecule has 2 atom stereocenters. The van der Waals surface area contributed by atoms with Gasteiger partial charge in [0.2, 0.25) is 0 Å². The van der Waals surface area contributed by atoms with Gasteiger partial charge in [0, 0.05) is 6.04 Å². The van der Waals surface area contributed by atoms with Crippen LogP contribution in [0.5, 0.6) is 0 Å². The van der Waals surface area contributed by atoms with E-state index in [1.807, 2.05) is 0 Å². The van der Waals surface area contributed by atoms with Crippen LogP contribution in [0.15, 0.2) is 0 Å². The van der Waals surface area contributed by atoms with Crippen molar-refractivity contribution in [1.82, 2.24) is 5.32 Å². The van der Waals surface area contributed by atoms with Crippen LogP contribution in [-0.4, -0.2) is 19.1 Å². The minimum absolute atomic E-state index is 0.718. The van der Waals surface area contributed by atoms with Gasteiger partial charge < -0.3 is 11.1 Å². The van der Waals surface area contributed by atoms with Crippen LogP contribution >= 0.6 is 0 Å². The van der Waals surface area contributed by atoms with E-state index in [1.165, 1.54) is 19.3 Å². The fourth-order valence-corrected chi connectivity index (χ4v) is 1.85. The molecule has 2 nitrogen and oxygen atoms in total. The van der Waals surface area contributed by atoms with Gasteiger partial charge in [-0.15, -0.1) is 0 Å². The molecule has 0 heterocycles. The first-order chi connectivity index (χ1) is 4.88. The molecule has 0 radical (unpaired) electrons. The van der Waals surface area contributed by atoms with Crippen molar-refractivity contribution in [3.8, 4) is 0 Å². The lowest BCUT2D eigenvalue weighted by Crippen LogP contribution is -2.35. The monoisotopic (exact) mass is 142 g/mol. The highest BCUT2D eigenvalue weighted by molar-refractivity contribution is 4.82. The second kappa shape index (κ2) is 3.94. The minimum Gasteiger partial charge on any atom is -0.330 e. The van der Waals surface area contributed by atoms with E-state index in [0.717, 1.165) is 25.0 Å². The average molecular weight is 142 g/mol. The molecule has 0 amide bonds. The molecule has 60 valence electrons. The molecular weight excluding hydrogens is 124 g/mol. The van der Waals surface area contributed by atoms with E-state index in [2.05, 4.69) is 12.2 Å². The van der Waals surface area contributed by atoms with Gasteiger partial charge in [0.05, 0.1) is 0 Å². The van der Waals surface area contributed by atoms with Crippen LogP contribution < -0.4 is 11.1 Å². The molecule has 0 aromatic heterocycles. The summed E-state index contributed by atoms with van der Waals surface area (Å²) in [5.41, 5.74) is 5.61. The smallest absolute Gasteiger partial charge is 0.0107 e. The van der Waals surface area contributed by atoms with Crippen molar-refractivity contribution in [1.29, 1.82) is 0 Å². The van der Waals surface area contributed by atoms with Gasteiger partial charge in [0.1, 0.15) is 0 Å². The molecule has 0 aromatic rings. The third-order valence-electron chi connectivity index (χ3n) is 2.43. The van der Waals surface area contributed by atoms with E-state index in [-0.39, 0.29) is 0 Å². The maximum absolute atomic E-state index is 5.61. The summed E-state index contributed by atoms with van der Waals surface area (Å²) in [7, 11) is 0. The summed E-state index contributed by atoms with van der Waals surface area (Å²) >= 11 is 0.